The smallest absolute Gasteiger partial charge is 0.229 e. The summed E-state index contributed by atoms with van der Waals surface area (Å²) in [6, 6.07) is 17.1. The zero-order chi connectivity index (χ0) is 19.9. The van der Waals surface area contributed by atoms with Gasteiger partial charge in [0.2, 0.25) is 11.9 Å². The average Bonchev–Trinajstić information content (AvgIpc) is 2.61. The molecule has 3 aromatic rings. The van der Waals surface area contributed by atoms with Crippen LogP contribution in [0.5, 0.6) is 0 Å². The molecule has 28 heavy (non-hydrogen) atoms. The van der Waals surface area contributed by atoms with Gasteiger partial charge in [0.25, 0.3) is 0 Å². The Morgan fingerprint density at radius 3 is 2.61 bits per heavy atom. The lowest BCUT2D eigenvalue weighted by Crippen LogP contribution is -2.09. The van der Waals surface area contributed by atoms with Gasteiger partial charge in [0.1, 0.15) is 5.82 Å². The molecule has 0 radical (unpaired) electrons. The monoisotopic (exact) mass is 395 g/mol. The van der Waals surface area contributed by atoms with Gasteiger partial charge in [-0.1, -0.05) is 29.8 Å². The van der Waals surface area contributed by atoms with Crippen molar-refractivity contribution in [3.05, 3.63) is 70.9 Å². The molecule has 0 fully saturated rings. The van der Waals surface area contributed by atoms with Crippen LogP contribution in [0.3, 0.4) is 0 Å². The number of hydrogen-bond acceptors (Lipinski definition) is 5. The fourth-order valence-corrected chi connectivity index (χ4v) is 2.96. The largest absolute Gasteiger partial charge is 0.370 e. The van der Waals surface area contributed by atoms with Crippen LogP contribution < -0.4 is 16.0 Å². The van der Waals surface area contributed by atoms with Crippen molar-refractivity contribution in [2.45, 2.75) is 20.3 Å². The molecule has 1 aromatic heterocycles. The standard InChI is InChI=1S/C21H22ClN5O/c1-14-11-20(23-10-9-16-5-3-6-17(22)12-16)27-21(24-14)26-19-8-4-7-18(13-19)25-15(2)28/h3-8,11-13H,9-10H2,1-2H3,(H,25,28)(H2,23,24,26,27). The number of nitrogens with one attached hydrogen (secondary N) is 3. The molecule has 0 aliphatic carbocycles. The summed E-state index contributed by atoms with van der Waals surface area (Å²) >= 11 is 6.03. The van der Waals surface area contributed by atoms with Gasteiger partial charge in [-0.2, -0.15) is 4.98 Å². The highest BCUT2D eigenvalue weighted by Crippen LogP contribution is 2.19. The van der Waals surface area contributed by atoms with Gasteiger partial charge in [-0.3, -0.25) is 4.79 Å². The van der Waals surface area contributed by atoms with Crippen LogP contribution in [0.4, 0.5) is 23.1 Å². The summed E-state index contributed by atoms with van der Waals surface area (Å²) < 4.78 is 0. The summed E-state index contributed by atoms with van der Waals surface area (Å²) in [6.45, 7) is 4.13. The van der Waals surface area contributed by atoms with Gasteiger partial charge in [0.05, 0.1) is 0 Å². The Labute approximate surface area is 169 Å². The predicted octanol–water partition coefficient (Wildman–Crippen LogP) is 4.80. The lowest BCUT2D eigenvalue weighted by atomic mass is 10.1. The van der Waals surface area contributed by atoms with Crippen LogP contribution in [0.2, 0.25) is 5.02 Å². The van der Waals surface area contributed by atoms with Gasteiger partial charge in [0.15, 0.2) is 0 Å². The molecule has 1 heterocycles. The van der Waals surface area contributed by atoms with Gasteiger partial charge >= 0.3 is 0 Å². The van der Waals surface area contributed by atoms with E-state index < -0.39 is 0 Å². The lowest BCUT2D eigenvalue weighted by Gasteiger charge is -2.11. The van der Waals surface area contributed by atoms with Crippen molar-refractivity contribution in [2.24, 2.45) is 0 Å². The first-order valence-corrected chi connectivity index (χ1v) is 9.34. The molecule has 3 rings (SSSR count). The number of benzene rings is 2. The Balaban J connectivity index is 1.65. The third-order valence-electron chi connectivity index (χ3n) is 3.90. The Morgan fingerprint density at radius 2 is 1.82 bits per heavy atom. The maximum atomic E-state index is 11.2. The highest BCUT2D eigenvalue weighted by atomic mass is 35.5. The minimum atomic E-state index is -0.116. The van der Waals surface area contributed by atoms with Crippen molar-refractivity contribution in [3.63, 3.8) is 0 Å². The van der Waals surface area contributed by atoms with Crippen LogP contribution in [0, 0.1) is 6.92 Å². The van der Waals surface area contributed by atoms with Crippen molar-refractivity contribution < 1.29 is 4.79 Å². The molecule has 3 N–H and O–H groups in total. The molecule has 0 aliphatic heterocycles. The number of aryl methyl sites for hydroxylation is 1. The summed E-state index contributed by atoms with van der Waals surface area (Å²) in [5.74, 6) is 1.12. The number of carbonyl (C=O) groups is 1. The molecule has 0 unspecified atom stereocenters. The van der Waals surface area contributed by atoms with E-state index in [2.05, 4.69) is 25.9 Å². The Hall–Kier alpha value is -3.12. The van der Waals surface area contributed by atoms with Gasteiger partial charge in [-0.05, 0) is 49.2 Å². The van der Waals surface area contributed by atoms with E-state index in [1.165, 1.54) is 12.5 Å². The van der Waals surface area contributed by atoms with Gasteiger partial charge in [0, 0.05) is 41.6 Å². The SMILES string of the molecule is CC(=O)Nc1cccc(Nc2nc(C)cc(NCCc3cccc(Cl)c3)n2)c1. The Morgan fingerprint density at radius 1 is 1.04 bits per heavy atom. The number of hydrogen-bond donors (Lipinski definition) is 3. The first-order valence-electron chi connectivity index (χ1n) is 8.96. The lowest BCUT2D eigenvalue weighted by molar-refractivity contribution is -0.114. The zero-order valence-corrected chi connectivity index (χ0v) is 16.5. The van der Waals surface area contributed by atoms with Crippen molar-refractivity contribution in [1.82, 2.24) is 9.97 Å². The second-order valence-electron chi connectivity index (χ2n) is 6.41. The highest BCUT2D eigenvalue weighted by molar-refractivity contribution is 6.30. The van der Waals surface area contributed by atoms with Crippen LogP contribution in [-0.2, 0) is 11.2 Å². The minimum Gasteiger partial charge on any atom is -0.370 e. The number of amides is 1. The Bertz CT molecular complexity index is 977. The van der Waals surface area contributed by atoms with Crippen molar-refractivity contribution in [1.29, 1.82) is 0 Å². The molecular formula is C21H22ClN5O. The van der Waals surface area contributed by atoms with Crippen LogP contribution in [0.15, 0.2) is 54.6 Å². The average molecular weight is 396 g/mol. The molecule has 7 heteroatoms. The van der Waals surface area contributed by atoms with Crippen LogP contribution in [0.1, 0.15) is 18.2 Å². The fourth-order valence-electron chi connectivity index (χ4n) is 2.75. The predicted molar refractivity (Wildman–Crippen MR) is 114 cm³/mol. The van der Waals surface area contributed by atoms with E-state index in [4.69, 9.17) is 11.6 Å². The van der Waals surface area contributed by atoms with Crippen molar-refractivity contribution in [3.8, 4) is 0 Å². The first-order chi connectivity index (χ1) is 13.5. The maximum Gasteiger partial charge on any atom is 0.229 e. The van der Waals surface area contributed by atoms with Gasteiger partial charge in [-0.15, -0.1) is 0 Å². The van der Waals surface area contributed by atoms with E-state index in [1.807, 2.05) is 61.5 Å². The van der Waals surface area contributed by atoms with Crippen molar-refractivity contribution in [2.75, 3.05) is 22.5 Å². The molecule has 144 valence electrons. The molecule has 1 amide bonds. The highest BCUT2D eigenvalue weighted by Gasteiger charge is 2.05. The van der Waals surface area contributed by atoms with E-state index >= 15 is 0 Å². The van der Waals surface area contributed by atoms with E-state index in [-0.39, 0.29) is 5.91 Å². The fraction of sp³-hybridized carbons (Fsp3) is 0.190. The van der Waals surface area contributed by atoms with Gasteiger partial charge < -0.3 is 16.0 Å². The summed E-state index contributed by atoms with van der Waals surface area (Å²) in [5, 5.41) is 10.0. The zero-order valence-electron chi connectivity index (χ0n) is 15.8. The summed E-state index contributed by atoms with van der Waals surface area (Å²) in [5.41, 5.74) is 3.52. The second-order valence-corrected chi connectivity index (χ2v) is 6.85. The molecular weight excluding hydrogens is 374 g/mol. The number of carbonyl (C=O) groups excluding carboxylic acids is 1. The number of anilines is 4. The molecule has 0 atom stereocenters. The summed E-state index contributed by atoms with van der Waals surface area (Å²) in [7, 11) is 0. The molecule has 2 aromatic carbocycles. The number of rotatable bonds is 7. The quantitative estimate of drug-likeness (QED) is 0.535. The van der Waals surface area contributed by atoms with E-state index in [1.54, 1.807) is 0 Å². The third kappa shape index (κ3) is 5.96. The van der Waals surface area contributed by atoms with E-state index in [9.17, 15) is 4.79 Å². The normalized spacial score (nSPS) is 10.4. The number of nitrogens with zero attached hydrogens (tertiary/aromatic N) is 2. The maximum absolute atomic E-state index is 11.2. The summed E-state index contributed by atoms with van der Waals surface area (Å²) in [6.07, 6.45) is 0.838. The minimum absolute atomic E-state index is 0.116. The molecule has 0 aliphatic rings. The molecule has 6 nitrogen and oxygen atoms in total. The second kappa shape index (κ2) is 9.19. The summed E-state index contributed by atoms with van der Waals surface area (Å²) in [4.78, 5) is 20.2. The van der Waals surface area contributed by atoms with Crippen LogP contribution in [-0.4, -0.2) is 22.4 Å². The topological polar surface area (TPSA) is 78.9 Å². The molecule has 0 saturated carbocycles. The number of halogens is 1. The van der Waals surface area contributed by atoms with Crippen LogP contribution >= 0.6 is 11.6 Å². The van der Waals surface area contributed by atoms with E-state index in [0.29, 0.717) is 11.6 Å². The molecule has 0 bridgehead atoms. The first kappa shape index (κ1) is 19.6. The third-order valence-corrected chi connectivity index (χ3v) is 4.14. The van der Waals surface area contributed by atoms with E-state index in [0.717, 1.165) is 35.2 Å². The van der Waals surface area contributed by atoms with Gasteiger partial charge in [-0.25, -0.2) is 4.98 Å². The molecule has 0 saturated heterocycles. The number of aromatic nitrogens is 2. The molecule has 0 spiro atoms. The Kier molecular flexibility index (Phi) is 6.45. The van der Waals surface area contributed by atoms with Crippen LogP contribution in [0.25, 0.3) is 0 Å². The van der Waals surface area contributed by atoms with Crippen molar-refractivity contribution >= 4 is 40.6 Å².